The molecule has 5 nitrogen and oxygen atoms in total. The third-order valence-corrected chi connectivity index (χ3v) is 5.07. The predicted molar refractivity (Wildman–Crippen MR) is 120 cm³/mol. The molecule has 0 aliphatic heterocycles. The number of hydrogen-bond donors (Lipinski definition) is 3. The smallest absolute Gasteiger partial charge is 0.314 e. The minimum atomic E-state index is -0.969. The molecule has 0 aliphatic rings. The average molecular weight is 412 g/mol. The van der Waals surface area contributed by atoms with Crippen molar-refractivity contribution < 1.29 is 24.9 Å². The van der Waals surface area contributed by atoms with Crippen molar-refractivity contribution in [3.63, 3.8) is 0 Å². The summed E-state index contributed by atoms with van der Waals surface area (Å²) in [5, 5.41) is 30.7. The lowest BCUT2D eigenvalue weighted by atomic mass is 9.98. The number of carboxylic acid groups (broad SMARTS) is 1. The van der Waals surface area contributed by atoms with Gasteiger partial charge in [-0.15, -0.1) is 6.58 Å². The van der Waals surface area contributed by atoms with Gasteiger partial charge in [0.05, 0.1) is 5.92 Å². The Morgan fingerprint density at radius 3 is 2.32 bits per heavy atom. The van der Waals surface area contributed by atoms with Crippen LogP contribution >= 0.6 is 0 Å². The number of aliphatic carboxylic acids is 1. The van der Waals surface area contributed by atoms with Gasteiger partial charge in [0.25, 0.3) is 0 Å². The summed E-state index contributed by atoms with van der Waals surface area (Å²) in [4.78, 5) is 11.4. The molecule has 0 saturated carbocycles. The Hall–Kier alpha value is -4.25. The van der Waals surface area contributed by atoms with Crippen LogP contribution in [-0.4, -0.2) is 21.3 Å². The van der Waals surface area contributed by atoms with E-state index in [-0.39, 0.29) is 11.5 Å². The van der Waals surface area contributed by atoms with Crippen molar-refractivity contribution in [1.82, 2.24) is 0 Å². The normalized spacial score (nSPS) is 11.7. The molecule has 154 valence electrons. The van der Waals surface area contributed by atoms with Gasteiger partial charge in [-0.1, -0.05) is 36.4 Å². The lowest BCUT2D eigenvalue weighted by molar-refractivity contribution is -0.137. The van der Waals surface area contributed by atoms with E-state index in [0.717, 1.165) is 21.9 Å². The van der Waals surface area contributed by atoms with E-state index in [1.807, 2.05) is 18.2 Å². The summed E-state index contributed by atoms with van der Waals surface area (Å²) in [6.07, 6.45) is 1.38. The van der Waals surface area contributed by atoms with Gasteiger partial charge >= 0.3 is 5.97 Å². The van der Waals surface area contributed by atoms with Gasteiger partial charge in [0.15, 0.2) is 0 Å². The third-order valence-electron chi connectivity index (χ3n) is 5.07. The lowest BCUT2D eigenvalue weighted by Gasteiger charge is -2.16. The predicted octanol–water partition coefficient (Wildman–Crippen LogP) is 6.06. The molecule has 4 aromatic rings. The van der Waals surface area contributed by atoms with Gasteiger partial charge in [-0.2, -0.15) is 0 Å². The second-order valence-electron chi connectivity index (χ2n) is 7.12. The van der Waals surface area contributed by atoms with Crippen molar-refractivity contribution in [2.24, 2.45) is 0 Å². The van der Waals surface area contributed by atoms with Gasteiger partial charge in [-0.25, -0.2) is 0 Å². The summed E-state index contributed by atoms with van der Waals surface area (Å²) in [5.41, 5.74) is 2.15. The van der Waals surface area contributed by atoms with E-state index in [1.165, 1.54) is 6.08 Å². The number of ether oxygens (including phenoxy) is 1. The average Bonchev–Trinajstić information content (AvgIpc) is 2.75. The Bertz CT molecular complexity index is 1270. The van der Waals surface area contributed by atoms with Crippen LogP contribution in [0.25, 0.3) is 21.9 Å². The molecule has 0 aliphatic carbocycles. The van der Waals surface area contributed by atoms with Crippen molar-refractivity contribution in [3.05, 3.63) is 97.1 Å². The quantitative estimate of drug-likeness (QED) is 0.335. The van der Waals surface area contributed by atoms with Crippen LogP contribution in [0.5, 0.6) is 23.0 Å². The van der Waals surface area contributed by atoms with Crippen LogP contribution in [-0.2, 0) is 4.79 Å². The number of phenolic OH excluding ortho intramolecular Hbond substituents is 2. The molecule has 4 rings (SSSR count). The van der Waals surface area contributed by atoms with Crippen LogP contribution < -0.4 is 4.74 Å². The maximum Gasteiger partial charge on any atom is 0.314 e. The van der Waals surface area contributed by atoms with Crippen LogP contribution in [0, 0.1) is 0 Å². The molecule has 4 aromatic carbocycles. The van der Waals surface area contributed by atoms with Crippen LogP contribution in [0.4, 0.5) is 0 Å². The van der Waals surface area contributed by atoms with Crippen molar-refractivity contribution in [2.75, 3.05) is 0 Å². The number of carboxylic acids is 1. The topological polar surface area (TPSA) is 87.0 Å². The lowest BCUT2D eigenvalue weighted by Crippen LogP contribution is -2.08. The second kappa shape index (κ2) is 8.24. The van der Waals surface area contributed by atoms with Crippen LogP contribution in [0.3, 0.4) is 0 Å². The summed E-state index contributed by atoms with van der Waals surface area (Å²) in [5.74, 6) is -0.380. The molecule has 0 fully saturated rings. The maximum atomic E-state index is 11.4. The summed E-state index contributed by atoms with van der Waals surface area (Å²) < 4.78 is 6.25. The highest BCUT2D eigenvalue weighted by Gasteiger charge is 2.17. The van der Waals surface area contributed by atoms with Gasteiger partial charge in [-0.05, 0) is 65.0 Å². The van der Waals surface area contributed by atoms with Crippen LogP contribution in [0.1, 0.15) is 11.5 Å². The van der Waals surface area contributed by atoms with E-state index in [4.69, 9.17) is 4.74 Å². The largest absolute Gasteiger partial charge is 0.508 e. The molecule has 0 spiro atoms. The van der Waals surface area contributed by atoms with E-state index < -0.39 is 11.9 Å². The molecule has 0 bridgehead atoms. The number of carbonyl (C=O) groups is 1. The third kappa shape index (κ3) is 4.07. The summed E-state index contributed by atoms with van der Waals surface area (Å²) in [6.45, 7) is 3.59. The molecule has 0 amide bonds. The number of rotatable bonds is 6. The Morgan fingerprint density at radius 2 is 1.65 bits per heavy atom. The SMILES string of the molecule is C=CC(C(=O)O)c1ccc(Oc2c(-c3cccc(O)c3)ccc3cc(O)ccc23)cc1. The van der Waals surface area contributed by atoms with E-state index in [0.29, 0.717) is 17.1 Å². The first-order valence-corrected chi connectivity index (χ1v) is 9.64. The van der Waals surface area contributed by atoms with Crippen molar-refractivity contribution >= 4 is 16.7 Å². The molecule has 5 heteroatoms. The minimum absolute atomic E-state index is 0.141. The number of hydrogen-bond acceptors (Lipinski definition) is 4. The number of aromatic hydroxyl groups is 2. The molecule has 0 saturated heterocycles. The highest BCUT2D eigenvalue weighted by molar-refractivity contribution is 5.96. The zero-order valence-corrected chi connectivity index (χ0v) is 16.5. The minimum Gasteiger partial charge on any atom is -0.508 e. The van der Waals surface area contributed by atoms with Crippen LogP contribution in [0.2, 0.25) is 0 Å². The summed E-state index contributed by atoms with van der Waals surface area (Å²) >= 11 is 0. The molecular weight excluding hydrogens is 392 g/mol. The van der Waals surface area contributed by atoms with E-state index in [1.54, 1.807) is 60.7 Å². The van der Waals surface area contributed by atoms with Crippen molar-refractivity contribution in [1.29, 1.82) is 0 Å². The fourth-order valence-corrected chi connectivity index (χ4v) is 3.54. The Labute approximate surface area is 179 Å². The van der Waals surface area contributed by atoms with Gasteiger partial charge in [0.2, 0.25) is 0 Å². The fourth-order valence-electron chi connectivity index (χ4n) is 3.54. The standard InChI is InChI=1S/C26H20O5/c1-2-22(26(29)30)16-6-10-21(11-7-16)31-25-23(17-4-3-5-19(27)14-17)12-8-18-15-20(28)9-13-24(18)25/h2-15,22,27-28H,1H2,(H,29,30). The van der Waals surface area contributed by atoms with Gasteiger partial charge in [0, 0.05) is 10.9 Å². The highest BCUT2D eigenvalue weighted by atomic mass is 16.5. The van der Waals surface area contributed by atoms with E-state index in [9.17, 15) is 20.1 Å². The molecule has 1 atom stereocenters. The highest BCUT2D eigenvalue weighted by Crippen LogP contribution is 2.41. The molecule has 31 heavy (non-hydrogen) atoms. The first-order valence-electron chi connectivity index (χ1n) is 9.64. The van der Waals surface area contributed by atoms with Crippen molar-refractivity contribution in [3.8, 4) is 34.1 Å². The molecule has 0 aromatic heterocycles. The first-order chi connectivity index (χ1) is 15.0. The summed E-state index contributed by atoms with van der Waals surface area (Å²) in [7, 11) is 0. The zero-order valence-electron chi connectivity index (χ0n) is 16.5. The van der Waals surface area contributed by atoms with Gasteiger partial charge in [-0.3, -0.25) is 4.79 Å². The zero-order chi connectivity index (χ0) is 22.0. The molecule has 3 N–H and O–H groups in total. The Kier molecular flexibility index (Phi) is 5.33. The van der Waals surface area contributed by atoms with Crippen molar-refractivity contribution in [2.45, 2.75) is 5.92 Å². The molecular formula is C26H20O5. The fraction of sp³-hybridized carbons (Fsp3) is 0.0385. The maximum absolute atomic E-state index is 11.4. The second-order valence-corrected chi connectivity index (χ2v) is 7.12. The monoisotopic (exact) mass is 412 g/mol. The van der Waals surface area contributed by atoms with Gasteiger partial charge in [0.1, 0.15) is 23.0 Å². The number of phenols is 2. The summed E-state index contributed by atoms with van der Waals surface area (Å²) in [6, 6.07) is 22.5. The first kappa shape index (κ1) is 20.0. The Balaban J connectivity index is 1.81. The van der Waals surface area contributed by atoms with Gasteiger partial charge < -0.3 is 20.1 Å². The Morgan fingerprint density at radius 1 is 0.903 bits per heavy atom. The van der Waals surface area contributed by atoms with E-state index in [2.05, 4.69) is 6.58 Å². The molecule has 0 radical (unpaired) electrons. The van der Waals surface area contributed by atoms with E-state index >= 15 is 0 Å². The number of fused-ring (bicyclic) bond motifs is 1. The number of benzene rings is 4. The van der Waals surface area contributed by atoms with Crippen LogP contribution in [0.15, 0.2) is 91.5 Å². The molecule has 0 heterocycles. The molecule has 1 unspecified atom stereocenters.